The second-order valence-electron chi connectivity index (χ2n) is 6.38. The summed E-state index contributed by atoms with van der Waals surface area (Å²) in [5.74, 6) is -0.766. The van der Waals surface area contributed by atoms with Gasteiger partial charge < -0.3 is 10.1 Å². The fourth-order valence-electron chi connectivity index (χ4n) is 2.72. The summed E-state index contributed by atoms with van der Waals surface area (Å²) in [6.07, 6.45) is 1.15. The first-order valence-electron chi connectivity index (χ1n) is 8.57. The molecular weight excluding hydrogens is 348 g/mol. The first kappa shape index (κ1) is 16.7. The van der Waals surface area contributed by atoms with Crippen molar-refractivity contribution >= 4 is 34.1 Å². The van der Waals surface area contributed by atoms with E-state index in [0.717, 1.165) is 28.9 Å². The number of esters is 1. The lowest BCUT2D eigenvalue weighted by atomic mass is 10.1. The molecule has 1 saturated carbocycles. The zero-order valence-electron chi connectivity index (χ0n) is 14.3. The van der Waals surface area contributed by atoms with E-state index in [1.807, 2.05) is 41.8 Å². The maximum Gasteiger partial charge on any atom is 0.339 e. The van der Waals surface area contributed by atoms with Crippen LogP contribution in [0, 0.1) is 0 Å². The predicted molar refractivity (Wildman–Crippen MR) is 101 cm³/mol. The topological polar surface area (TPSA) is 68.3 Å². The van der Waals surface area contributed by atoms with Gasteiger partial charge in [-0.25, -0.2) is 9.78 Å². The van der Waals surface area contributed by atoms with Crippen LogP contribution in [-0.4, -0.2) is 29.0 Å². The van der Waals surface area contributed by atoms with Crippen molar-refractivity contribution in [3.63, 3.8) is 0 Å². The van der Waals surface area contributed by atoms with Crippen molar-refractivity contribution in [2.45, 2.75) is 31.9 Å². The third-order valence-electron chi connectivity index (χ3n) is 4.29. The lowest BCUT2D eigenvalue weighted by molar-refractivity contribution is -0.129. The number of carbonyl (C=O) groups excluding carboxylic acids is 2. The number of benzene rings is 1. The zero-order chi connectivity index (χ0) is 18.1. The van der Waals surface area contributed by atoms with Crippen LogP contribution >= 0.6 is 11.3 Å². The maximum atomic E-state index is 12.8. The summed E-state index contributed by atoms with van der Waals surface area (Å²) in [5, 5.41) is 5.54. The average Bonchev–Trinajstić information content (AvgIpc) is 3.29. The van der Waals surface area contributed by atoms with Gasteiger partial charge in [-0.2, -0.15) is 0 Å². The fourth-order valence-corrected chi connectivity index (χ4v) is 3.40. The van der Waals surface area contributed by atoms with E-state index < -0.39 is 12.1 Å². The number of nitrogens with zero attached hydrogens (tertiary/aromatic N) is 1. The highest BCUT2D eigenvalue weighted by atomic mass is 32.1. The van der Waals surface area contributed by atoms with E-state index >= 15 is 0 Å². The van der Waals surface area contributed by atoms with Crippen LogP contribution in [0.15, 0.2) is 47.8 Å². The van der Waals surface area contributed by atoms with Crippen LogP contribution < -0.4 is 5.32 Å². The summed E-state index contributed by atoms with van der Waals surface area (Å²) in [4.78, 5) is 30.5. The lowest BCUT2D eigenvalue weighted by Crippen LogP contribution is -2.37. The number of carbonyl (C=O) groups is 2. The molecule has 2 aromatic heterocycles. The summed E-state index contributed by atoms with van der Waals surface area (Å²) in [5.41, 5.74) is 1.87. The molecule has 3 aromatic rings. The van der Waals surface area contributed by atoms with Gasteiger partial charge in [-0.05, 0) is 43.3 Å². The number of fused-ring (bicyclic) bond motifs is 1. The van der Waals surface area contributed by atoms with E-state index in [0.29, 0.717) is 10.9 Å². The van der Waals surface area contributed by atoms with Gasteiger partial charge in [-0.15, -0.1) is 11.3 Å². The first-order chi connectivity index (χ1) is 12.6. The van der Waals surface area contributed by atoms with E-state index in [-0.39, 0.29) is 11.9 Å². The molecule has 0 aliphatic heterocycles. The fraction of sp³-hybridized carbons (Fsp3) is 0.250. The third-order valence-corrected chi connectivity index (χ3v) is 5.18. The molecule has 1 atom stereocenters. The summed E-state index contributed by atoms with van der Waals surface area (Å²) < 4.78 is 5.43. The maximum absolute atomic E-state index is 12.8. The minimum absolute atomic E-state index is 0.232. The van der Waals surface area contributed by atoms with Gasteiger partial charge in [-0.1, -0.05) is 24.3 Å². The molecular formula is C20H18N2O3S. The van der Waals surface area contributed by atoms with E-state index in [1.165, 1.54) is 0 Å². The number of thiophene rings is 1. The van der Waals surface area contributed by atoms with Crippen LogP contribution in [-0.2, 0) is 9.53 Å². The van der Waals surface area contributed by atoms with Crippen LogP contribution in [0.1, 0.15) is 30.1 Å². The van der Waals surface area contributed by atoms with Crippen molar-refractivity contribution in [1.82, 2.24) is 10.3 Å². The number of rotatable bonds is 5. The highest BCUT2D eigenvalue weighted by molar-refractivity contribution is 7.13. The van der Waals surface area contributed by atoms with Crippen LogP contribution in [0.3, 0.4) is 0 Å². The second kappa shape index (κ2) is 6.88. The molecule has 4 rings (SSSR count). The van der Waals surface area contributed by atoms with Gasteiger partial charge >= 0.3 is 5.97 Å². The van der Waals surface area contributed by atoms with Crippen molar-refractivity contribution in [1.29, 1.82) is 0 Å². The molecule has 6 heteroatoms. The van der Waals surface area contributed by atoms with Crippen molar-refractivity contribution < 1.29 is 14.3 Å². The molecule has 1 amide bonds. The van der Waals surface area contributed by atoms with Gasteiger partial charge in [0.25, 0.3) is 5.91 Å². The van der Waals surface area contributed by atoms with Gasteiger partial charge in [-0.3, -0.25) is 4.79 Å². The number of para-hydroxylation sites is 1. The molecule has 1 fully saturated rings. The number of nitrogens with one attached hydrogen (secondary N) is 1. The molecule has 0 spiro atoms. The van der Waals surface area contributed by atoms with Crippen LogP contribution in [0.5, 0.6) is 0 Å². The monoisotopic (exact) mass is 366 g/mol. The molecule has 5 nitrogen and oxygen atoms in total. The Balaban J connectivity index is 1.65. The van der Waals surface area contributed by atoms with Crippen LogP contribution in [0.4, 0.5) is 0 Å². The number of ether oxygens (including phenoxy) is 1. The summed E-state index contributed by atoms with van der Waals surface area (Å²) >= 11 is 1.56. The molecule has 1 aliphatic rings. The Morgan fingerprint density at radius 3 is 2.77 bits per heavy atom. The number of aromatic nitrogens is 1. The smallest absolute Gasteiger partial charge is 0.339 e. The Hall–Kier alpha value is -2.73. The first-order valence-corrected chi connectivity index (χ1v) is 9.45. The van der Waals surface area contributed by atoms with E-state index in [9.17, 15) is 9.59 Å². The minimum Gasteiger partial charge on any atom is -0.449 e. The van der Waals surface area contributed by atoms with Crippen LogP contribution in [0.25, 0.3) is 21.5 Å². The highest BCUT2D eigenvalue weighted by Crippen LogP contribution is 2.28. The van der Waals surface area contributed by atoms with E-state index in [1.54, 1.807) is 24.3 Å². The van der Waals surface area contributed by atoms with Crippen molar-refractivity contribution in [3.05, 3.63) is 53.4 Å². The number of amides is 1. The van der Waals surface area contributed by atoms with Gasteiger partial charge in [0.05, 0.1) is 21.7 Å². The Kier molecular flexibility index (Phi) is 4.42. The zero-order valence-corrected chi connectivity index (χ0v) is 15.1. The van der Waals surface area contributed by atoms with E-state index in [4.69, 9.17) is 4.74 Å². The van der Waals surface area contributed by atoms with E-state index in [2.05, 4.69) is 10.3 Å². The van der Waals surface area contributed by atoms with Crippen LogP contribution in [0.2, 0.25) is 0 Å². The average molecular weight is 366 g/mol. The standard InChI is InChI=1S/C20H18N2O3S/c1-12(19(23)21-13-8-9-13)25-20(24)15-11-17(18-7-4-10-26-18)22-16-6-3-2-5-14(15)16/h2-7,10-13H,8-9H2,1H3,(H,21,23)/t12-/m1/s1. The summed E-state index contributed by atoms with van der Waals surface area (Å²) in [7, 11) is 0. The SMILES string of the molecule is C[C@@H](OC(=O)c1cc(-c2cccs2)nc2ccccc12)C(=O)NC1CC1. The molecule has 26 heavy (non-hydrogen) atoms. The molecule has 1 N–H and O–H groups in total. The van der Waals surface area contributed by atoms with Gasteiger partial charge in [0.15, 0.2) is 6.10 Å². The molecule has 0 saturated heterocycles. The normalized spacial score (nSPS) is 14.8. The van der Waals surface area contributed by atoms with Crippen molar-refractivity contribution in [3.8, 4) is 10.6 Å². The largest absolute Gasteiger partial charge is 0.449 e. The van der Waals surface area contributed by atoms with Gasteiger partial charge in [0.1, 0.15) is 0 Å². The third kappa shape index (κ3) is 3.46. The molecule has 2 heterocycles. The Bertz CT molecular complexity index is 964. The predicted octanol–water partition coefficient (Wildman–Crippen LogP) is 3.79. The lowest BCUT2D eigenvalue weighted by Gasteiger charge is -2.14. The highest BCUT2D eigenvalue weighted by Gasteiger charge is 2.28. The molecule has 1 aliphatic carbocycles. The number of pyridine rings is 1. The number of hydrogen-bond donors (Lipinski definition) is 1. The van der Waals surface area contributed by atoms with Crippen molar-refractivity contribution in [2.75, 3.05) is 0 Å². The van der Waals surface area contributed by atoms with Gasteiger partial charge in [0, 0.05) is 11.4 Å². The second-order valence-corrected chi connectivity index (χ2v) is 7.33. The molecule has 1 aromatic carbocycles. The molecule has 0 bridgehead atoms. The minimum atomic E-state index is -0.833. The Morgan fingerprint density at radius 1 is 1.23 bits per heavy atom. The Labute approximate surface area is 155 Å². The summed E-state index contributed by atoms with van der Waals surface area (Å²) in [6.45, 7) is 1.60. The molecule has 0 unspecified atom stereocenters. The van der Waals surface area contributed by atoms with Gasteiger partial charge in [0.2, 0.25) is 0 Å². The van der Waals surface area contributed by atoms with Crippen molar-refractivity contribution in [2.24, 2.45) is 0 Å². The molecule has 132 valence electrons. The number of hydrogen-bond acceptors (Lipinski definition) is 5. The summed E-state index contributed by atoms with van der Waals surface area (Å²) in [6, 6.07) is 13.3. The quantitative estimate of drug-likeness (QED) is 0.698. The Morgan fingerprint density at radius 2 is 2.04 bits per heavy atom. The molecule has 0 radical (unpaired) electrons.